The number of nitrogens with zero attached hydrogens (tertiary/aromatic N) is 1. The highest BCUT2D eigenvalue weighted by Gasteiger charge is 2.34. The lowest BCUT2D eigenvalue weighted by Crippen LogP contribution is -2.52. The summed E-state index contributed by atoms with van der Waals surface area (Å²) in [7, 11) is 0. The molecule has 0 radical (unpaired) electrons. The van der Waals surface area contributed by atoms with Gasteiger partial charge in [-0.15, -0.1) is 0 Å². The van der Waals surface area contributed by atoms with E-state index in [-0.39, 0.29) is 6.61 Å². The van der Waals surface area contributed by atoms with E-state index in [1.54, 1.807) is 0 Å². The molecule has 1 saturated carbocycles. The molecule has 1 aliphatic carbocycles. The molecule has 17 heavy (non-hydrogen) atoms. The van der Waals surface area contributed by atoms with Gasteiger partial charge in [0.25, 0.3) is 0 Å². The van der Waals surface area contributed by atoms with Crippen molar-refractivity contribution in [3.05, 3.63) is 0 Å². The molecular weight excluding hydrogens is 216 g/mol. The van der Waals surface area contributed by atoms with Gasteiger partial charge in [0.05, 0.1) is 12.7 Å². The monoisotopic (exact) mass is 242 g/mol. The molecule has 0 bridgehead atoms. The summed E-state index contributed by atoms with van der Waals surface area (Å²) < 4.78 is 5.60. The minimum absolute atomic E-state index is 0.266. The van der Waals surface area contributed by atoms with E-state index in [1.165, 1.54) is 12.8 Å². The van der Waals surface area contributed by atoms with Crippen LogP contribution in [0, 0.1) is 0 Å². The molecule has 4 heteroatoms. The van der Waals surface area contributed by atoms with E-state index in [4.69, 9.17) is 9.84 Å². The van der Waals surface area contributed by atoms with Gasteiger partial charge in [-0.05, 0) is 39.2 Å². The summed E-state index contributed by atoms with van der Waals surface area (Å²) in [6.07, 6.45) is 5.32. The number of ether oxygens (including phenoxy) is 1. The third-order valence-corrected chi connectivity index (χ3v) is 3.99. The van der Waals surface area contributed by atoms with Gasteiger partial charge in [0.2, 0.25) is 0 Å². The molecule has 0 aromatic carbocycles. The average molecular weight is 242 g/mol. The van der Waals surface area contributed by atoms with Crippen LogP contribution in [0.3, 0.4) is 0 Å². The standard InChI is InChI=1S/C13H26N2O2/c1-2-17-13-8-12(9-13)15(6-7-16)10-11-4-3-5-14-11/h11-14,16H,2-10H2,1H3. The topological polar surface area (TPSA) is 44.7 Å². The summed E-state index contributed by atoms with van der Waals surface area (Å²) in [5.41, 5.74) is 0. The van der Waals surface area contributed by atoms with Crippen LogP contribution in [0.4, 0.5) is 0 Å². The van der Waals surface area contributed by atoms with E-state index in [2.05, 4.69) is 17.1 Å². The van der Waals surface area contributed by atoms with E-state index in [1.807, 2.05) is 0 Å². The maximum Gasteiger partial charge on any atom is 0.0604 e. The maximum absolute atomic E-state index is 9.16. The summed E-state index contributed by atoms with van der Waals surface area (Å²) in [4.78, 5) is 2.44. The van der Waals surface area contributed by atoms with Gasteiger partial charge in [-0.25, -0.2) is 0 Å². The first-order valence-corrected chi connectivity index (χ1v) is 7.03. The molecule has 1 atom stereocenters. The predicted molar refractivity (Wildman–Crippen MR) is 68.1 cm³/mol. The summed E-state index contributed by atoms with van der Waals surface area (Å²) >= 11 is 0. The molecule has 4 nitrogen and oxygen atoms in total. The van der Waals surface area contributed by atoms with Crippen LogP contribution in [-0.4, -0.2) is 61.0 Å². The molecule has 100 valence electrons. The van der Waals surface area contributed by atoms with Crippen molar-refractivity contribution in [1.29, 1.82) is 0 Å². The fourth-order valence-corrected chi connectivity index (χ4v) is 2.95. The first kappa shape index (κ1) is 13.3. The van der Waals surface area contributed by atoms with Gasteiger partial charge in [0.1, 0.15) is 0 Å². The molecule has 2 aliphatic rings. The fraction of sp³-hybridized carbons (Fsp3) is 1.00. The van der Waals surface area contributed by atoms with Crippen LogP contribution in [0.2, 0.25) is 0 Å². The van der Waals surface area contributed by atoms with Crippen molar-refractivity contribution < 1.29 is 9.84 Å². The van der Waals surface area contributed by atoms with Crippen LogP contribution in [0.5, 0.6) is 0 Å². The van der Waals surface area contributed by atoms with E-state index >= 15 is 0 Å². The fourth-order valence-electron chi connectivity index (χ4n) is 2.95. The van der Waals surface area contributed by atoms with Crippen LogP contribution in [0.1, 0.15) is 32.6 Å². The molecule has 1 unspecified atom stereocenters. The second-order valence-electron chi connectivity index (χ2n) is 5.21. The van der Waals surface area contributed by atoms with Gasteiger partial charge in [0, 0.05) is 31.8 Å². The SMILES string of the molecule is CCOC1CC(N(CCO)CC2CCCN2)C1. The van der Waals surface area contributed by atoms with Gasteiger partial charge in [-0.3, -0.25) is 4.90 Å². The van der Waals surface area contributed by atoms with Crippen LogP contribution < -0.4 is 5.32 Å². The van der Waals surface area contributed by atoms with Crippen molar-refractivity contribution >= 4 is 0 Å². The Morgan fingerprint density at radius 1 is 1.41 bits per heavy atom. The summed E-state index contributed by atoms with van der Waals surface area (Å²) in [5, 5.41) is 12.7. The van der Waals surface area contributed by atoms with Crippen molar-refractivity contribution in [3.63, 3.8) is 0 Å². The lowest BCUT2D eigenvalue weighted by Gasteiger charge is -2.43. The van der Waals surface area contributed by atoms with E-state index in [0.717, 1.165) is 39.1 Å². The number of nitrogens with one attached hydrogen (secondary N) is 1. The quantitative estimate of drug-likeness (QED) is 0.686. The Morgan fingerprint density at radius 2 is 2.24 bits per heavy atom. The Morgan fingerprint density at radius 3 is 2.82 bits per heavy atom. The van der Waals surface area contributed by atoms with Crippen molar-refractivity contribution in [2.45, 2.75) is 50.8 Å². The predicted octanol–water partition coefficient (Wildman–Crippen LogP) is 0.600. The lowest BCUT2D eigenvalue weighted by atomic mass is 9.87. The van der Waals surface area contributed by atoms with Gasteiger partial charge in [-0.2, -0.15) is 0 Å². The molecule has 2 rings (SSSR count). The minimum atomic E-state index is 0.266. The van der Waals surface area contributed by atoms with Crippen LogP contribution in [0.25, 0.3) is 0 Å². The van der Waals surface area contributed by atoms with Gasteiger partial charge in [-0.1, -0.05) is 0 Å². The lowest BCUT2D eigenvalue weighted by molar-refractivity contribution is -0.0507. The molecule has 2 fully saturated rings. The Labute approximate surface area is 104 Å². The average Bonchev–Trinajstić information content (AvgIpc) is 2.75. The van der Waals surface area contributed by atoms with E-state index in [9.17, 15) is 0 Å². The highest BCUT2D eigenvalue weighted by atomic mass is 16.5. The summed E-state index contributed by atoms with van der Waals surface area (Å²) in [6, 6.07) is 1.26. The third-order valence-electron chi connectivity index (χ3n) is 3.99. The number of hydrogen-bond donors (Lipinski definition) is 2. The smallest absolute Gasteiger partial charge is 0.0604 e. The molecule has 0 amide bonds. The number of aliphatic hydroxyl groups is 1. The molecule has 0 aromatic rings. The Bertz CT molecular complexity index is 213. The summed E-state index contributed by atoms with van der Waals surface area (Å²) in [6.45, 7) is 6.20. The van der Waals surface area contributed by atoms with E-state index in [0.29, 0.717) is 18.2 Å². The van der Waals surface area contributed by atoms with Gasteiger partial charge >= 0.3 is 0 Å². The maximum atomic E-state index is 9.16. The van der Waals surface area contributed by atoms with Crippen molar-refractivity contribution in [1.82, 2.24) is 10.2 Å². The van der Waals surface area contributed by atoms with Crippen LogP contribution in [-0.2, 0) is 4.74 Å². The normalized spacial score (nSPS) is 33.0. The molecule has 1 saturated heterocycles. The third kappa shape index (κ3) is 3.65. The second-order valence-corrected chi connectivity index (χ2v) is 5.21. The number of hydrogen-bond acceptors (Lipinski definition) is 4. The number of aliphatic hydroxyl groups excluding tert-OH is 1. The Kier molecular flexibility index (Phi) is 5.22. The van der Waals surface area contributed by atoms with Gasteiger partial charge < -0.3 is 15.2 Å². The Balaban J connectivity index is 1.73. The van der Waals surface area contributed by atoms with Crippen LogP contribution >= 0.6 is 0 Å². The highest BCUT2D eigenvalue weighted by Crippen LogP contribution is 2.28. The second kappa shape index (κ2) is 6.69. The Hall–Kier alpha value is -0.160. The van der Waals surface area contributed by atoms with Crippen molar-refractivity contribution in [3.8, 4) is 0 Å². The zero-order valence-electron chi connectivity index (χ0n) is 10.9. The van der Waals surface area contributed by atoms with Crippen LogP contribution in [0.15, 0.2) is 0 Å². The van der Waals surface area contributed by atoms with Gasteiger partial charge in [0.15, 0.2) is 0 Å². The molecule has 1 heterocycles. The molecule has 1 aliphatic heterocycles. The summed E-state index contributed by atoms with van der Waals surface area (Å²) in [5.74, 6) is 0. The zero-order valence-corrected chi connectivity index (χ0v) is 10.9. The van der Waals surface area contributed by atoms with Crippen molar-refractivity contribution in [2.24, 2.45) is 0 Å². The van der Waals surface area contributed by atoms with E-state index < -0.39 is 0 Å². The first-order chi connectivity index (χ1) is 8.33. The number of rotatable bonds is 7. The largest absolute Gasteiger partial charge is 0.395 e. The van der Waals surface area contributed by atoms with Crippen molar-refractivity contribution in [2.75, 3.05) is 32.8 Å². The molecular formula is C13H26N2O2. The first-order valence-electron chi connectivity index (χ1n) is 7.03. The zero-order chi connectivity index (χ0) is 12.1. The minimum Gasteiger partial charge on any atom is -0.395 e. The molecule has 0 spiro atoms. The molecule has 2 N–H and O–H groups in total. The molecule has 0 aromatic heterocycles. The highest BCUT2D eigenvalue weighted by molar-refractivity contribution is 4.90.